The van der Waals surface area contributed by atoms with Crippen LogP contribution >= 0.6 is 0 Å². The van der Waals surface area contributed by atoms with Gasteiger partial charge in [-0.15, -0.1) is 0 Å². The normalized spacial score (nSPS) is 20.2. The SMILES string of the molecule is Fc1ccc(CC2CCCN(c3c4c(nc5ccnn35)CCNCC4)C2)cc1. The Balaban J connectivity index is 1.46. The highest BCUT2D eigenvalue weighted by Crippen LogP contribution is 2.31. The Labute approximate surface area is 164 Å². The first kappa shape index (κ1) is 17.6. The van der Waals surface area contributed by atoms with Crippen molar-refractivity contribution in [1.29, 1.82) is 0 Å². The second kappa shape index (κ2) is 7.51. The molecule has 3 aromatic rings. The van der Waals surface area contributed by atoms with Gasteiger partial charge < -0.3 is 10.2 Å². The fourth-order valence-corrected chi connectivity index (χ4v) is 4.72. The molecule has 0 bridgehead atoms. The lowest BCUT2D eigenvalue weighted by Crippen LogP contribution is -2.38. The van der Waals surface area contributed by atoms with E-state index in [9.17, 15) is 4.39 Å². The van der Waals surface area contributed by atoms with Crippen LogP contribution in [0.3, 0.4) is 0 Å². The molecule has 5 rings (SSSR count). The van der Waals surface area contributed by atoms with Crippen LogP contribution in [-0.4, -0.2) is 40.8 Å². The first-order chi connectivity index (χ1) is 13.8. The minimum absolute atomic E-state index is 0.164. The van der Waals surface area contributed by atoms with Gasteiger partial charge in [0, 0.05) is 37.7 Å². The highest BCUT2D eigenvalue weighted by Gasteiger charge is 2.27. The lowest BCUT2D eigenvalue weighted by atomic mass is 9.91. The summed E-state index contributed by atoms with van der Waals surface area (Å²) >= 11 is 0. The van der Waals surface area contributed by atoms with E-state index in [4.69, 9.17) is 4.98 Å². The van der Waals surface area contributed by atoms with Crippen molar-refractivity contribution < 1.29 is 4.39 Å². The second-order valence-corrected chi connectivity index (χ2v) is 8.00. The number of hydrogen-bond donors (Lipinski definition) is 1. The molecule has 1 unspecified atom stereocenters. The van der Waals surface area contributed by atoms with E-state index in [0.29, 0.717) is 5.92 Å². The van der Waals surface area contributed by atoms with Crippen molar-refractivity contribution in [3.8, 4) is 0 Å². The molecule has 0 spiro atoms. The number of fused-ring (bicyclic) bond motifs is 2. The highest BCUT2D eigenvalue weighted by atomic mass is 19.1. The smallest absolute Gasteiger partial charge is 0.157 e. The van der Waals surface area contributed by atoms with Crippen LogP contribution in [0.25, 0.3) is 5.65 Å². The van der Waals surface area contributed by atoms with Gasteiger partial charge in [0.25, 0.3) is 0 Å². The molecule has 2 aliphatic rings. The van der Waals surface area contributed by atoms with Gasteiger partial charge >= 0.3 is 0 Å². The minimum atomic E-state index is -0.164. The Hall–Kier alpha value is -2.47. The Morgan fingerprint density at radius 1 is 1.11 bits per heavy atom. The minimum Gasteiger partial charge on any atom is -0.356 e. The molecule has 1 aromatic carbocycles. The van der Waals surface area contributed by atoms with E-state index < -0.39 is 0 Å². The summed E-state index contributed by atoms with van der Waals surface area (Å²) in [6, 6.07) is 8.98. The molecular weight excluding hydrogens is 353 g/mol. The lowest BCUT2D eigenvalue weighted by molar-refractivity contribution is 0.409. The number of aromatic nitrogens is 3. The molecule has 0 aliphatic carbocycles. The van der Waals surface area contributed by atoms with E-state index in [0.717, 1.165) is 51.1 Å². The summed E-state index contributed by atoms with van der Waals surface area (Å²) in [6.45, 7) is 4.03. The number of rotatable bonds is 3. The van der Waals surface area contributed by atoms with Crippen molar-refractivity contribution >= 4 is 11.5 Å². The third-order valence-electron chi connectivity index (χ3n) is 6.04. The van der Waals surface area contributed by atoms with Gasteiger partial charge in [-0.3, -0.25) is 0 Å². The van der Waals surface area contributed by atoms with E-state index in [1.165, 1.54) is 35.5 Å². The number of halogens is 1. The van der Waals surface area contributed by atoms with Crippen LogP contribution < -0.4 is 10.2 Å². The quantitative estimate of drug-likeness (QED) is 0.760. The van der Waals surface area contributed by atoms with Crippen molar-refractivity contribution in [3.05, 3.63) is 59.2 Å². The highest BCUT2D eigenvalue weighted by molar-refractivity contribution is 5.58. The van der Waals surface area contributed by atoms with E-state index in [-0.39, 0.29) is 5.82 Å². The fourth-order valence-electron chi connectivity index (χ4n) is 4.72. The van der Waals surface area contributed by atoms with Crippen LogP contribution in [0.5, 0.6) is 0 Å². The number of benzene rings is 1. The Morgan fingerprint density at radius 3 is 2.86 bits per heavy atom. The van der Waals surface area contributed by atoms with Crippen molar-refractivity contribution in [1.82, 2.24) is 19.9 Å². The molecule has 1 saturated heterocycles. The third-order valence-corrected chi connectivity index (χ3v) is 6.04. The summed E-state index contributed by atoms with van der Waals surface area (Å²) in [5.41, 5.74) is 4.73. The molecule has 5 nitrogen and oxygen atoms in total. The molecule has 0 saturated carbocycles. The molecule has 1 fully saturated rings. The number of anilines is 1. The summed E-state index contributed by atoms with van der Waals surface area (Å²) in [5.74, 6) is 1.64. The van der Waals surface area contributed by atoms with Gasteiger partial charge in [-0.05, 0) is 55.8 Å². The van der Waals surface area contributed by atoms with Crippen LogP contribution in [0.15, 0.2) is 36.5 Å². The average Bonchev–Trinajstić information content (AvgIpc) is 3.05. The molecule has 1 atom stereocenters. The van der Waals surface area contributed by atoms with Gasteiger partial charge in [0.1, 0.15) is 11.6 Å². The maximum atomic E-state index is 13.2. The van der Waals surface area contributed by atoms with Crippen molar-refractivity contribution in [3.63, 3.8) is 0 Å². The molecule has 6 heteroatoms. The van der Waals surface area contributed by atoms with E-state index in [2.05, 4.69) is 15.3 Å². The standard InChI is InChI=1S/C22H26FN5/c23-18-5-3-16(4-6-18)14-17-2-1-13-27(15-17)22-19-7-10-24-11-8-20(19)26-21-9-12-25-28(21)22/h3-6,9,12,17,24H,1-2,7-8,10-11,13-15H2. The third kappa shape index (κ3) is 3.37. The van der Waals surface area contributed by atoms with Gasteiger partial charge in [-0.1, -0.05) is 12.1 Å². The topological polar surface area (TPSA) is 45.5 Å². The molecule has 2 aromatic heterocycles. The van der Waals surface area contributed by atoms with Crippen LogP contribution in [0, 0.1) is 11.7 Å². The zero-order valence-corrected chi connectivity index (χ0v) is 16.1. The summed E-state index contributed by atoms with van der Waals surface area (Å²) < 4.78 is 15.3. The maximum Gasteiger partial charge on any atom is 0.157 e. The zero-order chi connectivity index (χ0) is 18.9. The predicted molar refractivity (Wildman–Crippen MR) is 108 cm³/mol. The molecule has 0 amide bonds. The molecule has 1 N–H and O–H groups in total. The largest absolute Gasteiger partial charge is 0.356 e. The fraction of sp³-hybridized carbons (Fsp3) is 0.455. The van der Waals surface area contributed by atoms with E-state index in [1.54, 1.807) is 12.1 Å². The Bertz CT molecular complexity index is 965. The Kier molecular flexibility index (Phi) is 4.72. The summed E-state index contributed by atoms with van der Waals surface area (Å²) in [6.07, 6.45) is 7.19. The van der Waals surface area contributed by atoms with Gasteiger partial charge in [0.05, 0.1) is 11.9 Å². The zero-order valence-electron chi connectivity index (χ0n) is 16.1. The van der Waals surface area contributed by atoms with Gasteiger partial charge in [0.2, 0.25) is 0 Å². The van der Waals surface area contributed by atoms with Crippen LogP contribution in [0.4, 0.5) is 10.2 Å². The number of piperidine rings is 1. The first-order valence-electron chi connectivity index (χ1n) is 10.3. The van der Waals surface area contributed by atoms with Gasteiger partial charge in [-0.25, -0.2) is 9.37 Å². The van der Waals surface area contributed by atoms with Gasteiger partial charge in [0.15, 0.2) is 5.65 Å². The number of nitrogens with one attached hydrogen (secondary N) is 1. The van der Waals surface area contributed by atoms with Crippen LogP contribution in [0.2, 0.25) is 0 Å². The van der Waals surface area contributed by atoms with Crippen molar-refractivity contribution in [2.75, 3.05) is 31.1 Å². The molecule has 0 radical (unpaired) electrons. The molecule has 146 valence electrons. The van der Waals surface area contributed by atoms with Crippen LogP contribution in [0.1, 0.15) is 29.7 Å². The van der Waals surface area contributed by atoms with Gasteiger partial charge in [-0.2, -0.15) is 9.61 Å². The predicted octanol–water partition coefficient (Wildman–Crippen LogP) is 3.02. The molecular formula is C22H26FN5. The average molecular weight is 379 g/mol. The molecule has 28 heavy (non-hydrogen) atoms. The first-order valence-corrected chi connectivity index (χ1v) is 10.3. The number of hydrogen-bond acceptors (Lipinski definition) is 4. The maximum absolute atomic E-state index is 13.2. The molecule has 4 heterocycles. The summed E-state index contributed by atoms with van der Waals surface area (Å²) in [5, 5.41) is 8.10. The summed E-state index contributed by atoms with van der Waals surface area (Å²) in [7, 11) is 0. The van der Waals surface area contributed by atoms with Crippen LogP contribution in [-0.2, 0) is 19.3 Å². The molecule has 2 aliphatic heterocycles. The summed E-state index contributed by atoms with van der Waals surface area (Å²) in [4.78, 5) is 7.40. The van der Waals surface area contributed by atoms with Crippen molar-refractivity contribution in [2.45, 2.75) is 32.1 Å². The second-order valence-electron chi connectivity index (χ2n) is 8.00. The van der Waals surface area contributed by atoms with E-state index >= 15 is 0 Å². The monoisotopic (exact) mass is 379 g/mol. The van der Waals surface area contributed by atoms with E-state index in [1.807, 2.05) is 28.9 Å². The van der Waals surface area contributed by atoms with Crippen molar-refractivity contribution in [2.24, 2.45) is 5.92 Å². The lowest BCUT2D eigenvalue weighted by Gasteiger charge is -2.36. The number of nitrogens with zero attached hydrogens (tertiary/aromatic N) is 4. The Morgan fingerprint density at radius 2 is 1.96 bits per heavy atom.